The minimum absolute atomic E-state index is 0.188. The maximum atomic E-state index is 12.7. The number of esters is 1. The quantitative estimate of drug-likeness (QED) is 0.574. The average Bonchev–Trinajstić information content (AvgIpc) is 2.64. The summed E-state index contributed by atoms with van der Waals surface area (Å²) in [4.78, 5) is 23.5. The molecule has 0 atom stereocenters. The highest BCUT2D eigenvalue weighted by Crippen LogP contribution is 2.29. The summed E-state index contributed by atoms with van der Waals surface area (Å²) in [7, 11) is 0. The Labute approximate surface area is 160 Å². The fourth-order valence-corrected chi connectivity index (χ4v) is 2.40. The molecule has 0 bridgehead atoms. The van der Waals surface area contributed by atoms with Gasteiger partial charge in [-0.3, -0.25) is 4.79 Å². The first-order chi connectivity index (χ1) is 13.2. The Morgan fingerprint density at radius 2 is 1.82 bits per heavy atom. The lowest BCUT2D eigenvalue weighted by atomic mass is 10.1. The summed E-state index contributed by atoms with van der Waals surface area (Å²) >= 11 is 0. The number of hydrogen-bond acceptors (Lipinski definition) is 4. The minimum Gasteiger partial charge on any atom is -0.491 e. The van der Waals surface area contributed by atoms with Crippen LogP contribution in [0.3, 0.4) is 0 Å². The third kappa shape index (κ3) is 6.29. The van der Waals surface area contributed by atoms with Gasteiger partial charge in [-0.1, -0.05) is 23.8 Å². The van der Waals surface area contributed by atoms with Crippen LogP contribution in [0.1, 0.15) is 27.0 Å². The number of nitrogens with one attached hydrogen (secondary N) is 1. The normalized spacial score (nSPS) is 11.0. The van der Waals surface area contributed by atoms with Crippen molar-refractivity contribution in [1.29, 1.82) is 0 Å². The topological polar surface area (TPSA) is 64.6 Å². The fourth-order valence-electron chi connectivity index (χ4n) is 2.40. The molecule has 0 spiro atoms. The second-order valence-corrected chi connectivity index (χ2v) is 6.12. The Hall–Kier alpha value is -3.03. The van der Waals surface area contributed by atoms with Gasteiger partial charge in [-0.2, -0.15) is 13.2 Å². The van der Waals surface area contributed by atoms with Crippen LogP contribution in [0, 0.1) is 13.8 Å². The van der Waals surface area contributed by atoms with E-state index in [2.05, 4.69) is 5.32 Å². The number of carbonyl (C=O) groups excluding carboxylic acids is 2. The summed E-state index contributed by atoms with van der Waals surface area (Å²) in [5.41, 5.74) is 0.845. The predicted molar refractivity (Wildman–Crippen MR) is 96.1 cm³/mol. The van der Waals surface area contributed by atoms with Crippen LogP contribution in [-0.4, -0.2) is 31.6 Å². The van der Waals surface area contributed by atoms with Crippen LogP contribution in [-0.2, 0) is 15.7 Å². The molecule has 0 fully saturated rings. The second-order valence-electron chi connectivity index (χ2n) is 6.12. The van der Waals surface area contributed by atoms with E-state index in [1.165, 1.54) is 6.07 Å². The van der Waals surface area contributed by atoms with Crippen LogP contribution in [0.25, 0.3) is 0 Å². The van der Waals surface area contributed by atoms with Crippen LogP contribution in [0.5, 0.6) is 5.75 Å². The third-order valence-corrected chi connectivity index (χ3v) is 3.77. The monoisotopic (exact) mass is 395 g/mol. The first-order valence-electron chi connectivity index (χ1n) is 8.48. The first-order valence-corrected chi connectivity index (χ1v) is 8.48. The van der Waals surface area contributed by atoms with Crippen LogP contribution in [0.2, 0.25) is 0 Å². The van der Waals surface area contributed by atoms with Crippen molar-refractivity contribution in [3.63, 3.8) is 0 Å². The number of aryl methyl sites for hydroxylation is 2. The fraction of sp³-hybridized carbons (Fsp3) is 0.300. The molecule has 0 aliphatic heterocycles. The van der Waals surface area contributed by atoms with Gasteiger partial charge in [0, 0.05) is 0 Å². The van der Waals surface area contributed by atoms with Gasteiger partial charge in [0.15, 0.2) is 6.61 Å². The van der Waals surface area contributed by atoms with Crippen molar-refractivity contribution >= 4 is 11.9 Å². The highest BCUT2D eigenvalue weighted by Gasteiger charge is 2.31. The third-order valence-electron chi connectivity index (χ3n) is 3.77. The van der Waals surface area contributed by atoms with Crippen molar-refractivity contribution in [2.75, 3.05) is 19.8 Å². The number of rotatable bonds is 7. The Morgan fingerprint density at radius 3 is 2.50 bits per heavy atom. The number of ether oxygens (including phenoxy) is 2. The molecule has 150 valence electrons. The minimum atomic E-state index is -4.57. The Bertz CT molecular complexity index is 850. The van der Waals surface area contributed by atoms with E-state index in [-0.39, 0.29) is 18.7 Å². The Balaban J connectivity index is 1.74. The number of halogens is 3. The smallest absolute Gasteiger partial charge is 0.416 e. The molecule has 28 heavy (non-hydrogen) atoms. The van der Waals surface area contributed by atoms with Gasteiger partial charge in [-0.05, 0) is 43.7 Å². The molecular formula is C20H20F3NO4. The van der Waals surface area contributed by atoms with Crippen LogP contribution in [0.15, 0.2) is 42.5 Å². The summed E-state index contributed by atoms with van der Waals surface area (Å²) in [6.07, 6.45) is -4.57. The van der Waals surface area contributed by atoms with Gasteiger partial charge in [0.05, 0.1) is 17.7 Å². The lowest BCUT2D eigenvalue weighted by molar-refractivity contribution is -0.137. The van der Waals surface area contributed by atoms with Gasteiger partial charge in [0.2, 0.25) is 0 Å². The largest absolute Gasteiger partial charge is 0.491 e. The molecule has 0 radical (unpaired) electrons. The van der Waals surface area contributed by atoms with Gasteiger partial charge in [0.1, 0.15) is 12.4 Å². The van der Waals surface area contributed by atoms with E-state index in [9.17, 15) is 22.8 Å². The van der Waals surface area contributed by atoms with E-state index in [1.807, 2.05) is 32.0 Å². The highest BCUT2D eigenvalue weighted by molar-refractivity contribution is 5.91. The molecule has 0 aliphatic carbocycles. The first kappa shape index (κ1) is 21.3. The van der Waals surface area contributed by atoms with Gasteiger partial charge in [-0.15, -0.1) is 0 Å². The molecule has 1 amide bonds. The molecular weight excluding hydrogens is 375 g/mol. The van der Waals surface area contributed by atoms with Gasteiger partial charge in [-0.25, -0.2) is 4.79 Å². The highest BCUT2D eigenvalue weighted by atomic mass is 19.4. The standard InChI is InChI=1S/C20H20F3NO4/c1-13-6-7-17(14(2)10-13)27-9-8-24-18(25)12-28-19(26)15-4-3-5-16(11-15)20(21,22)23/h3-7,10-11H,8-9,12H2,1-2H3,(H,24,25). The summed E-state index contributed by atoms with van der Waals surface area (Å²) in [6, 6.07) is 9.53. The zero-order valence-corrected chi connectivity index (χ0v) is 15.4. The predicted octanol–water partition coefficient (Wildman–Crippen LogP) is 3.67. The van der Waals surface area contributed by atoms with E-state index in [0.29, 0.717) is 11.8 Å². The van der Waals surface area contributed by atoms with E-state index in [4.69, 9.17) is 9.47 Å². The lowest BCUT2D eigenvalue weighted by Crippen LogP contribution is -2.32. The van der Waals surface area contributed by atoms with Crippen molar-refractivity contribution in [3.8, 4) is 5.75 Å². The van der Waals surface area contributed by atoms with Crippen molar-refractivity contribution < 1.29 is 32.2 Å². The van der Waals surface area contributed by atoms with E-state index < -0.39 is 30.2 Å². The molecule has 0 saturated heterocycles. The Kier molecular flexibility index (Phi) is 7.03. The van der Waals surface area contributed by atoms with Gasteiger partial charge in [0.25, 0.3) is 5.91 Å². The molecule has 2 aromatic rings. The van der Waals surface area contributed by atoms with Crippen LogP contribution >= 0.6 is 0 Å². The number of benzene rings is 2. The van der Waals surface area contributed by atoms with Crippen LogP contribution < -0.4 is 10.1 Å². The molecule has 2 rings (SSSR count). The molecule has 5 nitrogen and oxygen atoms in total. The molecule has 0 unspecified atom stereocenters. The van der Waals surface area contributed by atoms with E-state index in [1.54, 1.807) is 0 Å². The molecule has 0 saturated carbocycles. The second kappa shape index (κ2) is 9.25. The van der Waals surface area contributed by atoms with E-state index in [0.717, 1.165) is 23.3 Å². The van der Waals surface area contributed by atoms with Crippen molar-refractivity contribution in [1.82, 2.24) is 5.32 Å². The van der Waals surface area contributed by atoms with Gasteiger partial charge >= 0.3 is 12.1 Å². The molecule has 8 heteroatoms. The van der Waals surface area contributed by atoms with E-state index >= 15 is 0 Å². The number of amides is 1. The Morgan fingerprint density at radius 1 is 1.07 bits per heavy atom. The maximum Gasteiger partial charge on any atom is 0.416 e. The summed E-state index contributed by atoms with van der Waals surface area (Å²) in [5, 5.41) is 2.51. The molecule has 0 aromatic heterocycles. The van der Waals surface area contributed by atoms with Crippen molar-refractivity contribution in [2.24, 2.45) is 0 Å². The number of hydrogen-bond donors (Lipinski definition) is 1. The van der Waals surface area contributed by atoms with Crippen LogP contribution in [0.4, 0.5) is 13.2 Å². The molecule has 0 heterocycles. The molecule has 1 N–H and O–H groups in total. The lowest BCUT2D eigenvalue weighted by Gasteiger charge is -2.11. The molecule has 2 aromatic carbocycles. The summed E-state index contributed by atoms with van der Waals surface area (Å²) in [5.74, 6) is -0.881. The number of alkyl halides is 3. The zero-order chi connectivity index (χ0) is 20.7. The SMILES string of the molecule is Cc1ccc(OCCNC(=O)COC(=O)c2cccc(C(F)(F)F)c2)c(C)c1. The van der Waals surface area contributed by atoms with Gasteiger partial charge < -0.3 is 14.8 Å². The maximum absolute atomic E-state index is 12.7. The summed E-state index contributed by atoms with van der Waals surface area (Å²) < 4.78 is 48.3. The summed E-state index contributed by atoms with van der Waals surface area (Å²) in [6.45, 7) is 3.69. The number of carbonyl (C=O) groups is 2. The van der Waals surface area contributed by atoms with Crippen molar-refractivity contribution in [2.45, 2.75) is 20.0 Å². The molecule has 0 aliphatic rings. The average molecular weight is 395 g/mol. The van der Waals surface area contributed by atoms with Crippen molar-refractivity contribution in [3.05, 3.63) is 64.7 Å². The zero-order valence-electron chi connectivity index (χ0n) is 15.4.